The summed E-state index contributed by atoms with van der Waals surface area (Å²) in [5.74, 6) is 0. The standard InChI is InChI=1S/C16H24N2.2ClH/c1-3-17(4-2)12-16-15-8-6-5-7-13(15)11-18(16)14-9-10-14;;/h5-8,14,16H,3-4,9-12H2,1-2H3;2*1H. The molecule has 2 nitrogen and oxygen atoms in total. The maximum atomic E-state index is 2.74. The lowest BCUT2D eigenvalue weighted by Gasteiger charge is -2.30. The van der Waals surface area contributed by atoms with Crippen LogP contribution in [0.25, 0.3) is 0 Å². The Morgan fingerprint density at radius 2 is 1.75 bits per heavy atom. The Balaban J connectivity index is 0.000001000. The van der Waals surface area contributed by atoms with Crippen molar-refractivity contribution in [2.24, 2.45) is 0 Å². The zero-order valence-electron chi connectivity index (χ0n) is 12.4. The number of fused-ring (bicyclic) bond motifs is 1. The first kappa shape index (κ1) is 17.8. The smallest absolute Gasteiger partial charge is 0.0484 e. The van der Waals surface area contributed by atoms with Gasteiger partial charge in [-0.25, -0.2) is 0 Å². The van der Waals surface area contributed by atoms with Gasteiger partial charge in [-0.1, -0.05) is 38.1 Å². The van der Waals surface area contributed by atoms with E-state index in [-0.39, 0.29) is 24.8 Å². The van der Waals surface area contributed by atoms with Crippen molar-refractivity contribution in [1.82, 2.24) is 9.80 Å². The summed E-state index contributed by atoms with van der Waals surface area (Å²) < 4.78 is 0. The second-order valence-electron chi connectivity index (χ2n) is 5.60. The molecule has 0 amide bonds. The van der Waals surface area contributed by atoms with Crippen LogP contribution in [0.15, 0.2) is 24.3 Å². The van der Waals surface area contributed by atoms with E-state index in [1.165, 1.54) is 25.9 Å². The van der Waals surface area contributed by atoms with Crippen molar-refractivity contribution < 1.29 is 0 Å². The molecule has 1 aromatic rings. The van der Waals surface area contributed by atoms with E-state index < -0.39 is 0 Å². The zero-order chi connectivity index (χ0) is 12.5. The molecule has 1 heterocycles. The van der Waals surface area contributed by atoms with Crippen molar-refractivity contribution in [3.05, 3.63) is 35.4 Å². The maximum absolute atomic E-state index is 2.74. The Morgan fingerprint density at radius 1 is 1.10 bits per heavy atom. The molecule has 1 saturated carbocycles. The van der Waals surface area contributed by atoms with Crippen LogP contribution in [0.1, 0.15) is 43.9 Å². The molecule has 2 aliphatic rings. The van der Waals surface area contributed by atoms with Gasteiger partial charge in [-0.3, -0.25) is 4.90 Å². The summed E-state index contributed by atoms with van der Waals surface area (Å²) in [6.45, 7) is 9.23. The van der Waals surface area contributed by atoms with Gasteiger partial charge in [-0.2, -0.15) is 0 Å². The topological polar surface area (TPSA) is 6.48 Å². The van der Waals surface area contributed by atoms with E-state index in [2.05, 4.69) is 47.9 Å². The monoisotopic (exact) mass is 316 g/mol. The number of halogens is 2. The van der Waals surface area contributed by atoms with Crippen LogP contribution in [0.3, 0.4) is 0 Å². The quantitative estimate of drug-likeness (QED) is 0.813. The molecule has 20 heavy (non-hydrogen) atoms. The summed E-state index contributed by atoms with van der Waals surface area (Å²) in [6, 6.07) is 10.5. The highest BCUT2D eigenvalue weighted by Gasteiger charge is 2.39. The van der Waals surface area contributed by atoms with Crippen LogP contribution in [0.2, 0.25) is 0 Å². The molecule has 114 valence electrons. The van der Waals surface area contributed by atoms with Crippen LogP contribution in [-0.4, -0.2) is 35.5 Å². The minimum atomic E-state index is 0. The number of nitrogens with zero attached hydrogens (tertiary/aromatic N) is 2. The number of hydrogen-bond donors (Lipinski definition) is 0. The van der Waals surface area contributed by atoms with Gasteiger partial charge in [0.1, 0.15) is 0 Å². The van der Waals surface area contributed by atoms with Gasteiger partial charge in [0.2, 0.25) is 0 Å². The molecule has 1 atom stereocenters. The van der Waals surface area contributed by atoms with E-state index in [4.69, 9.17) is 0 Å². The van der Waals surface area contributed by atoms with Crippen molar-refractivity contribution in [1.29, 1.82) is 0 Å². The summed E-state index contributed by atoms with van der Waals surface area (Å²) in [4.78, 5) is 5.30. The van der Waals surface area contributed by atoms with Crippen molar-refractivity contribution >= 4 is 24.8 Å². The van der Waals surface area contributed by atoms with Gasteiger partial charge >= 0.3 is 0 Å². The van der Waals surface area contributed by atoms with Crippen LogP contribution in [0.4, 0.5) is 0 Å². The Hall–Kier alpha value is -0.280. The summed E-state index contributed by atoms with van der Waals surface area (Å²) in [6.07, 6.45) is 2.81. The summed E-state index contributed by atoms with van der Waals surface area (Å²) in [5, 5.41) is 0. The third kappa shape index (κ3) is 3.48. The van der Waals surface area contributed by atoms with E-state index in [9.17, 15) is 0 Å². The van der Waals surface area contributed by atoms with Crippen molar-refractivity contribution in [3.8, 4) is 0 Å². The Morgan fingerprint density at radius 3 is 2.35 bits per heavy atom. The molecular formula is C16H26Cl2N2. The van der Waals surface area contributed by atoms with E-state index in [0.29, 0.717) is 6.04 Å². The molecule has 0 saturated heterocycles. The fourth-order valence-corrected chi connectivity index (χ4v) is 3.21. The van der Waals surface area contributed by atoms with E-state index in [1.807, 2.05) is 0 Å². The van der Waals surface area contributed by atoms with Gasteiger partial charge in [0.05, 0.1) is 0 Å². The number of likely N-dealkylation sites (N-methyl/N-ethyl adjacent to an activating group) is 1. The lowest BCUT2D eigenvalue weighted by Crippen LogP contribution is -2.35. The molecule has 0 bridgehead atoms. The average molecular weight is 317 g/mol. The van der Waals surface area contributed by atoms with Gasteiger partial charge in [0.15, 0.2) is 0 Å². The molecule has 0 spiro atoms. The minimum Gasteiger partial charge on any atom is -0.302 e. The molecule has 3 rings (SSSR count). The highest BCUT2D eigenvalue weighted by molar-refractivity contribution is 5.85. The van der Waals surface area contributed by atoms with Gasteiger partial charge in [0, 0.05) is 25.2 Å². The van der Waals surface area contributed by atoms with E-state index in [1.54, 1.807) is 11.1 Å². The number of rotatable bonds is 5. The normalized spacial score (nSPS) is 21.2. The van der Waals surface area contributed by atoms with Gasteiger partial charge in [-0.05, 0) is 37.1 Å². The lowest BCUT2D eigenvalue weighted by molar-refractivity contribution is 0.149. The second-order valence-corrected chi connectivity index (χ2v) is 5.60. The fourth-order valence-electron chi connectivity index (χ4n) is 3.21. The van der Waals surface area contributed by atoms with Crippen LogP contribution in [0.5, 0.6) is 0 Å². The molecule has 0 aromatic heterocycles. The first-order valence-electron chi connectivity index (χ1n) is 7.39. The Kier molecular flexibility index (Phi) is 6.80. The van der Waals surface area contributed by atoms with E-state index in [0.717, 1.165) is 19.1 Å². The fraction of sp³-hybridized carbons (Fsp3) is 0.625. The molecule has 1 aromatic carbocycles. The molecule has 0 radical (unpaired) electrons. The SMILES string of the molecule is CCN(CC)CC1c2ccccc2CN1C1CC1.Cl.Cl. The molecule has 1 unspecified atom stereocenters. The third-order valence-corrected chi connectivity index (χ3v) is 4.51. The maximum Gasteiger partial charge on any atom is 0.0484 e. The summed E-state index contributed by atoms with van der Waals surface area (Å²) >= 11 is 0. The van der Waals surface area contributed by atoms with Crippen LogP contribution in [0, 0.1) is 0 Å². The number of hydrogen-bond acceptors (Lipinski definition) is 2. The van der Waals surface area contributed by atoms with Crippen molar-refractivity contribution in [2.75, 3.05) is 19.6 Å². The molecule has 1 fully saturated rings. The predicted molar refractivity (Wildman–Crippen MR) is 90.0 cm³/mol. The summed E-state index contributed by atoms with van der Waals surface area (Å²) in [7, 11) is 0. The van der Waals surface area contributed by atoms with Crippen molar-refractivity contribution in [2.45, 2.75) is 45.3 Å². The molecule has 1 aliphatic heterocycles. The first-order chi connectivity index (χ1) is 8.83. The molecular weight excluding hydrogens is 291 g/mol. The summed E-state index contributed by atoms with van der Waals surface area (Å²) in [5.41, 5.74) is 3.14. The van der Waals surface area contributed by atoms with E-state index >= 15 is 0 Å². The molecule has 4 heteroatoms. The lowest BCUT2D eigenvalue weighted by atomic mass is 10.0. The predicted octanol–water partition coefficient (Wildman–Crippen LogP) is 3.89. The number of benzene rings is 1. The van der Waals surface area contributed by atoms with Crippen LogP contribution in [-0.2, 0) is 6.54 Å². The highest BCUT2D eigenvalue weighted by Crippen LogP contribution is 2.42. The molecule has 0 N–H and O–H groups in total. The van der Waals surface area contributed by atoms with Crippen LogP contribution < -0.4 is 0 Å². The van der Waals surface area contributed by atoms with Gasteiger partial charge in [-0.15, -0.1) is 24.8 Å². The van der Waals surface area contributed by atoms with Crippen molar-refractivity contribution in [3.63, 3.8) is 0 Å². The highest BCUT2D eigenvalue weighted by atomic mass is 35.5. The van der Waals surface area contributed by atoms with Gasteiger partial charge in [0.25, 0.3) is 0 Å². The average Bonchev–Trinajstić information content (AvgIpc) is 3.19. The molecule has 1 aliphatic carbocycles. The Bertz CT molecular complexity index is 417. The van der Waals surface area contributed by atoms with Crippen LogP contribution >= 0.6 is 24.8 Å². The van der Waals surface area contributed by atoms with Gasteiger partial charge < -0.3 is 4.90 Å². The second kappa shape index (κ2) is 7.65. The zero-order valence-corrected chi connectivity index (χ0v) is 14.1. The third-order valence-electron chi connectivity index (χ3n) is 4.51. The Labute approximate surface area is 135 Å². The minimum absolute atomic E-state index is 0. The first-order valence-corrected chi connectivity index (χ1v) is 7.39. The largest absolute Gasteiger partial charge is 0.302 e.